The van der Waals surface area contributed by atoms with E-state index in [-0.39, 0.29) is 24.8 Å². The molecular weight excluding hydrogens is 299 g/mol. The number of carbonyl (C=O) groups excluding carboxylic acids is 1. The first kappa shape index (κ1) is 19.9. The Labute approximate surface area is 134 Å². The van der Waals surface area contributed by atoms with Gasteiger partial charge in [0, 0.05) is 45.8 Å². The van der Waals surface area contributed by atoms with E-state index in [1.165, 1.54) is 0 Å². The van der Waals surface area contributed by atoms with E-state index in [0.717, 1.165) is 65.3 Å². The molecule has 1 N–H and O–H groups in total. The molecule has 2 rings (SSSR count). The quantitative estimate of drug-likeness (QED) is 0.809. The summed E-state index contributed by atoms with van der Waals surface area (Å²) >= 11 is 0. The topological polar surface area (TPSA) is 38.8 Å². The summed E-state index contributed by atoms with van der Waals surface area (Å²) < 4.78 is 0. The first-order valence-corrected chi connectivity index (χ1v) is 7.23. The molecule has 5 nitrogen and oxygen atoms in total. The summed E-state index contributed by atoms with van der Waals surface area (Å²) in [7, 11) is 0. The van der Waals surface area contributed by atoms with Gasteiger partial charge in [-0.3, -0.25) is 9.69 Å². The molecule has 0 aliphatic carbocycles. The molecule has 0 saturated carbocycles. The number of carbonyl (C=O) groups is 1. The van der Waals surface area contributed by atoms with E-state index in [1.807, 2.05) is 4.90 Å². The first-order chi connectivity index (χ1) is 8.79. The Hall–Kier alpha value is -0.0700. The molecular formula is C13H28Cl2N4O. The fourth-order valence-electron chi connectivity index (χ4n) is 2.65. The number of hydrogen-bond donors (Lipinski definition) is 1. The molecule has 0 unspecified atom stereocenters. The van der Waals surface area contributed by atoms with Gasteiger partial charge in [0.25, 0.3) is 0 Å². The highest BCUT2D eigenvalue weighted by Crippen LogP contribution is 2.03. The van der Waals surface area contributed by atoms with Crippen LogP contribution >= 0.6 is 24.8 Å². The van der Waals surface area contributed by atoms with E-state index in [1.54, 1.807) is 0 Å². The van der Waals surface area contributed by atoms with Crippen molar-refractivity contribution in [3.05, 3.63) is 0 Å². The van der Waals surface area contributed by atoms with Crippen molar-refractivity contribution in [1.29, 1.82) is 0 Å². The number of rotatable bonds is 3. The van der Waals surface area contributed by atoms with Crippen molar-refractivity contribution in [3.63, 3.8) is 0 Å². The van der Waals surface area contributed by atoms with Crippen molar-refractivity contribution in [2.45, 2.75) is 13.3 Å². The van der Waals surface area contributed by atoms with Crippen molar-refractivity contribution in [2.75, 3.05) is 65.4 Å². The largest absolute Gasteiger partial charge is 0.340 e. The molecule has 0 aromatic carbocycles. The SMILES string of the molecule is CCN1CCN(CC(=O)N2CCCNCC2)CC1.Cl.Cl. The zero-order valence-electron chi connectivity index (χ0n) is 12.3. The highest BCUT2D eigenvalue weighted by Gasteiger charge is 2.21. The van der Waals surface area contributed by atoms with Crippen LogP contribution in [0.1, 0.15) is 13.3 Å². The molecule has 0 bridgehead atoms. The standard InChI is InChI=1S/C13H26N4O.2ClH/c1-2-15-8-10-16(11-9-15)12-13(18)17-6-3-4-14-5-7-17;;/h14H,2-12H2,1H3;2*1H. The predicted molar refractivity (Wildman–Crippen MR) is 87.1 cm³/mol. The Kier molecular flexibility index (Phi) is 10.6. The van der Waals surface area contributed by atoms with Crippen LogP contribution in [0.4, 0.5) is 0 Å². The van der Waals surface area contributed by atoms with E-state index < -0.39 is 0 Å². The monoisotopic (exact) mass is 326 g/mol. The molecule has 2 aliphatic heterocycles. The lowest BCUT2D eigenvalue weighted by molar-refractivity contribution is -0.132. The lowest BCUT2D eigenvalue weighted by atomic mass is 10.3. The second-order valence-corrected chi connectivity index (χ2v) is 5.19. The van der Waals surface area contributed by atoms with Gasteiger partial charge in [0.2, 0.25) is 5.91 Å². The molecule has 2 heterocycles. The van der Waals surface area contributed by atoms with Gasteiger partial charge in [-0.2, -0.15) is 0 Å². The van der Waals surface area contributed by atoms with E-state index in [0.29, 0.717) is 12.5 Å². The lowest BCUT2D eigenvalue weighted by Crippen LogP contribution is -2.50. The van der Waals surface area contributed by atoms with Crippen LogP contribution in [-0.4, -0.2) is 86.1 Å². The van der Waals surface area contributed by atoms with Crippen molar-refractivity contribution < 1.29 is 4.79 Å². The second-order valence-electron chi connectivity index (χ2n) is 5.19. The predicted octanol–water partition coefficient (Wildman–Crippen LogP) is 0.289. The van der Waals surface area contributed by atoms with Gasteiger partial charge in [0.05, 0.1) is 6.54 Å². The van der Waals surface area contributed by atoms with Crippen LogP contribution in [0.15, 0.2) is 0 Å². The maximum absolute atomic E-state index is 12.2. The molecule has 7 heteroatoms. The number of halogens is 2. The summed E-state index contributed by atoms with van der Waals surface area (Å²) in [5.74, 6) is 0.309. The summed E-state index contributed by atoms with van der Waals surface area (Å²) in [6, 6.07) is 0. The number of hydrogen-bond acceptors (Lipinski definition) is 4. The highest BCUT2D eigenvalue weighted by atomic mass is 35.5. The van der Waals surface area contributed by atoms with Crippen LogP contribution in [0.25, 0.3) is 0 Å². The molecule has 0 aromatic rings. The van der Waals surface area contributed by atoms with Crippen molar-refractivity contribution in [3.8, 4) is 0 Å². The van der Waals surface area contributed by atoms with Crippen LogP contribution in [0.2, 0.25) is 0 Å². The summed E-state index contributed by atoms with van der Waals surface area (Å²) in [6.07, 6.45) is 1.08. The van der Waals surface area contributed by atoms with Gasteiger partial charge in [0.15, 0.2) is 0 Å². The number of amides is 1. The third-order valence-electron chi connectivity index (χ3n) is 3.96. The summed E-state index contributed by atoms with van der Waals surface area (Å²) in [4.78, 5) is 19.0. The van der Waals surface area contributed by atoms with Gasteiger partial charge in [-0.05, 0) is 19.5 Å². The zero-order chi connectivity index (χ0) is 12.8. The molecule has 0 atom stereocenters. The summed E-state index contributed by atoms with van der Waals surface area (Å²) in [5.41, 5.74) is 0. The van der Waals surface area contributed by atoms with Crippen LogP contribution in [0.3, 0.4) is 0 Å². The third-order valence-corrected chi connectivity index (χ3v) is 3.96. The first-order valence-electron chi connectivity index (χ1n) is 7.23. The van der Waals surface area contributed by atoms with Gasteiger partial charge in [0.1, 0.15) is 0 Å². The second kappa shape index (κ2) is 10.6. The molecule has 0 aromatic heterocycles. The van der Waals surface area contributed by atoms with E-state index >= 15 is 0 Å². The molecule has 120 valence electrons. The van der Waals surface area contributed by atoms with Gasteiger partial charge in [-0.15, -0.1) is 24.8 Å². The van der Waals surface area contributed by atoms with E-state index in [9.17, 15) is 4.79 Å². The normalized spacial score (nSPS) is 21.6. The number of likely N-dealkylation sites (N-methyl/N-ethyl adjacent to an activating group) is 1. The Balaban J connectivity index is 0.00000180. The lowest BCUT2D eigenvalue weighted by Gasteiger charge is -2.34. The highest BCUT2D eigenvalue weighted by molar-refractivity contribution is 5.85. The number of piperazine rings is 1. The molecule has 2 aliphatic rings. The molecule has 2 saturated heterocycles. The summed E-state index contributed by atoms with van der Waals surface area (Å²) in [6.45, 7) is 12.0. The smallest absolute Gasteiger partial charge is 0.236 e. The number of nitrogens with zero attached hydrogens (tertiary/aromatic N) is 3. The van der Waals surface area contributed by atoms with Crippen molar-refractivity contribution >= 4 is 30.7 Å². The van der Waals surface area contributed by atoms with E-state index in [4.69, 9.17) is 0 Å². The molecule has 2 fully saturated rings. The molecule has 1 amide bonds. The minimum atomic E-state index is 0. The van der Waals surface area contributed by atoms with Crippen LogP contribution < -0.4 is 5.32 Å². The van der Waals surface area contributed by atoms with Gasteiger partial charge in [-0.25, -0.2) is 0 Å². The number of nitrogens with one attached hydrogen (secondary N) is 1. The van der Waals surface area contributed by atoms with Crippen LogP contribution in [0.5, 0.6) is 0 Å². The zero-order valence-corrected chi connectivity index (χ0v) is 14.0. The van der Waals surface area contributed by atoms with Gasteiger partial charge in [-0.1, -0.05) is 6.92 Å². The average molecular weight is 327 g/mol. The van der Waals surface area contributed by atoms with Crippen LogP contribution in [-0.2, 0) is 4.79 Å². The fraction of sp³-hybridized carbons (Fsp3) is 0.923. The average Bonchev–Trinajstić information content (AvgIpc) is 2.68. The van der Waals surface area contributed by atoms with Crippen molar-refractivity contribution in [2.24, 2.45) is 0 Å². The third kappa shape index (κ3) is 6.14. The van der Waals surface area contributed by atoms with Gasteiger partial charge >= 0.3 is 0 Å². The van der Waals surface area contributed by atoms with Crippen molar-refractivity contribution in [1.82, 2.24) is 20.0 Å². The fourth-order valence-corrected chi connectivity index (χ4v) is 2.65. The Morgan fingerprint density at radius 2 is 1.60 bits per heavy atom. The minimum absolute atomic E-state index is 0. The maximum Gasteiger partial charge on any atom is 0.236 e. The molecule has 0 radical (unpaired) electrons. The Bertz CT molecular complexity index is 265. The molecule has 20 heavy (non-hydrogen) atoms. The van der Waals surface area contributed by atoms with Gasteiger partial charge < -0.3 is 15.1 Å². The van der Waals surface area contributed by atoms with Crippen LogP contribution in [0, 0.1) is 0 Å². The molecule has 0 spiro atoms. The van der Waals surface area contributed by atoms with E-state index in [2.05, 4.69) is 22.0 Å². The summed E-state index contributed by atoms with van der Waals surface area (Å²) in [5, 5.41) is 3.33. The minimum Gasteiger partial charge on any atom is -0.340 e. The maximum atomic E-state index is 12.2. The Morgan fingerprint density at radius 1 is 0.950 bits per heavy atom. The Morgan fingerprint density at radius 3 is 2.25 bits per heavy atom.